The van der Waals surface area contributed by atoms with Gasteiger partial charge >= 0.3 is 0 Å². The molecule has 0 aromatic heterocycles. The van der Waals surface area contributed by atoms with Crippen LogP contribution >= 0.6 is 0 Å². The van der Waals surface area contributed by atoms with Gasteiger partial charge in [-0.3, -0.25) is 4.90 Å². The maximum Gasteiger partial charge on any atom is 0.127 e. The lowest BCUT2D eigenvalue weighted by atomic mass is 10.1. The van der Waals surface area contributed by atoms with Gasteiger partial charge in [0.2, 0.25) is 0 Å². The zero-order valence-corrected chi connectivity index (χ0v) is 16.7. The van der Waals surface area contributed by atoms with Gasteiger partial charge in [0.15, 0.2) is 0 Å². The smallest absolute Gasteiger partial charge is 0.127 e. The number of benzene rings is 2. The van der Waals surface area contributed by atoms with Crippen LogP contribution in [-0.4, -0.2) is 48.5 Å². The van der Waals surface area contributed by atoms with Gasteiger partial charge in [-0.1, -0.05) is 24.3 Å². The van der Waals surface area contributed by atoms with E-state index in [1.165, 1.54) is 11.6 Å². The number of aryl methyl sites for hydroxylation is 2. The van der Waals surface area contributed by atoms with Gasteiger partial charge in [-0.15, -0.1) is 0 Å². The second-order valence-electron chi connectivity index (χ2n) is 7.63. The molecule has 4 nitrogen and oxygen atoms in total. The van der Waals surface area contributed by atoms with Crippen LogP contribution in [0.4, 0.5) is 4.39 Å². The van der Waals surface area contributed by atoms with E-state index in [-0.39, 0.29) is 18.5 Å². The molecule has 1 aliphatic heterocycles. The number of rotatable bonds is 9. The largest absolute Gasteiger partial charge is 0.491 e. The Balaban J connectivity index is 1.58. The molecule has 5 heteroatoms. The summed E-state index contributed by atoms with van der Waals surface area (Å²) in [5, 5.41) is 10.5. The second kappa shape index (κ2) is 10.0. The van der Waals surface area contributed by atoms with Crippen LogP contribution in [0.15, 0.2) is 42.5 Å². The Morgan fingerprint density at radius 2 is 2.04 bits per heavy atom. The molecule has 1 N–H and O–H groups in total. The predicted molar refractivity (Wildman–Crippen MR) is 108 cm³/mol. The van der Waals surface area contributed by atoms with Crippen LogP contribution in [0.2, 0.25) is 0 Å². The quantitative estimate of drug-likeness (QED) is 0.709. The van der Waals surface area contributed by atoms with Crippen LogP contribution in [0.25, 0.3) is 0 Å². The molecule has 1 saturated heterocycles. The SMILES string of the molecule is Cc1ccc(OCC(O)CN(Cc2ccccc2F)CC2CCCO2)cc1C. The fourth-order valence-electron chi connectivity index (χ4n) is 3.49. The normalized spacial score (nSPS) is 17.8. The summed E-state index contributed by atoms with van der Waals surface area (Å²) in [6.45, 7) is 6.58. The third kappa shape index (κ3) is 6.03. The molecule has 0 bridgehead atoms. The van der Waals surface area contributed by atoms with Crippen molar-refractivity contribution in [1.82, 2.24) is 4.90 Å². The minimum Gasteiger partial charge on any atom is -0.491 e. The lowest BCUT2D eigenvalue weighted by molar-refractivity contribution is 0.0310. The number of halogens is 1. The molecule has 152 valence electrons. The van der Waals surface area contributed by atoms with Crippen molar-refractivity contribution in [1.29, 1.82) is 0 Å². The number of nitrogens with zero attached hydrogens (tertiary/aromatic N) is 1. The zero-order valence-electron chi connectivity index (χ0n) is 16.7. The Bertz CT molecular complexity index is 761. The fourth-order valence-corrected chi connectivity index (χ4v) is 3.49. The van der Waals surface area contributed by atoms with E-state index in [2.05, 4.69) is 11.8 Å². The van der Waals surface area contributed by atoms with Crippen molar-refractivity contribution in [2.24, 2.45) is 0 Å². The summed E-state index contributed by atoms with van der Waals surface area (Å²) >= 11 is 0. The second-order valence-corrected chi connectivity index (χ2v) is 7.63. The van der Waals surface area contributed by atoms with Crippen molar-refractivity contribution in [3.63, 3.8) is 0 Å². The Morgan fingerprint density at radius 3 is 2.75 bits per heavy atom. The van der Waals surface area contributed by atoms with E-state index in [4.69, 9.17) is 9.47 Å². The average molecular weight is 387 g/mol. The summed E-state index contributed by atoms with van der Waals surface area (Å²) in [7, 11) is 0. The molecule has 2 aromatic rings. The lowest BCUT2D eigenvalue weighted by Gasteiger charge is -2.27. The molecule has 0 radical (unpaired) electrons. The van der Waals surface area contributed by atoms with Gasteiger partial charge in [0.1, 0.15) is 24.3 Å². The minimum atomic E-state index is -0.671. The maximum absolute atomic E-state index is 14.1. The van der Waals surface area contributed by atoms with Crippen molar-refractivity contribution in [2.45, 2.75) is 45.4 Å². The van der Waals surface area contributed by atoms with Crippen molar-refractivity contribution in [3.8, 4) is 5.75 Å². The summed E-state index contributed by atoms with van der Waals surface area (Å²) in [5.74, 6) is 0.530. The Labute approximate surface area is 166 Å². The summed E-state index contributed by atoms with van der Waals surface area (Å²) in [5.41, 5.74) is 3.00. The van der Waals surface area contributed by atoms with E-state index in [1.807, 2.05) is 31.2 Å². The third-order valence-corrected chi connectivity index (χ3v) is 5.23. The molecule has 0 saturated carbocycles. The Morgan fingerprint density at radius 1 is 1.21 bits per heavy atom. The van der Waals surface area contributed by atoms with E-state index in [0.717, 1.165) is 30.8 Å². The molecule has 0 aliphatic carbocycles. The Hall–Kier alpha value is -1.95. The fraction of sp³-hybridized carbons (Fsp3) is 0.478. The van der Waals surface area contributed by atoms with Gasteiger partial charge in [-0.05, 0) is 56.0 Å². The lowest BCUT2D eigenvalue weighted by Crippen LogP contribution is -2.39. The molecule has 1 heterocycles. The minimum absolute atomic E-state index is 0.139. The van der Waals surface area contributed by atoms with Crippen LogP contribution in [0.1, 0.15) is 29.5 Å². The highest BCUT2D eigenvalue weighted by atomic mass is 19.1. The highest BCUT2D eigenvalue weighted by molar-refractivity contribution is 5.33. The summed E-state index contributed by atoms with van der Waals surface area (Å²) in [6, 6.07) is 12.7. The molecule has 2 aromatic carbocycles. The number of aliphatic hydroxyl groups excluding tert-OH is 1. The highest BCUT2D eigenvalue weighted by Gasteiger charge is 2.22. The van der Waals surface area contributed by atoms with Crippen molar-refractivity contribution in [3.05, 3.63) is 65.0 Å². The number of ether oxygens (including phenoxy) is 2. The van der Waals surface area contributed by atoms with Gasteiger partial charge in [-0.25, -0.2) is 4.39 Å². The van der Waals surface area contributed by atoms with Gasteiger partial charge in [0.05, 0.1) is 6.10 Å². The molecular weight excluding hydrogens is 357 g/mol. The van der Waals surface area contributed by atoms with E-state index in [1.54, 1.807) is 12.1 Å². The molecule has 2 atom stereocenters. The molecular formula is C23H30FNO3. The van der Waals surface area contributed by atoms with Crippen LogP contribution in [-0.2, 0) is 11.3 Å². The number of aliphatic hydroxyl groups is 1. The summed E-state index contributed by atoms with van der Waals surface area (Å²) in [6.07, 6.45) is 1.52. The van der Waals surface area contributed by atoms with Crippen LogP contribution in [0.5, 0.6) is 5.75 Å². The van der Waals surface area contributed by atoms with E-state index >= 15 is 0 Å². The molecule has 1 fully saturated rings. The molecule has 0 spiro atoms. The van der Waals surface area contributed by atoms with E-state index < -0.39 is 6.10 Å². The van der Waals surface area contributed by atoms with E-state index in [9.17, 15) is 9.50 Å². The first-order valence-electron chi connectivity index (χ1n) is 9.96. The zero-order chi connectivity index (χ0) is 19.9. The topological polar surface area (TPSA) is 41.9 Å². The molecule has 28 heavy (non-hydrogen) atoms. The predicted octanol–water partition coefficient (Wildman–Crippen LogP) is 3.86. The summed E-state index contributed by atoms with van der Waals surface area (Å²) < 4.78 is 25.6. The van der Waals surface area contributed by atoms with Crippen LogP contribution < -0.4 is 4.74 Å². The molecule has 3 rings (SSSR count). The highest BCUT2D eigenvalue weighted by Crippen LogP contribution is 2.18. The monoisotopic (exact) mass is 387 g/mol. The van der Waals surface area contributed by atoms with Crippen molar-refractivity contribution in [2.75, 3.05) is 26.3 Å². The van der Waals surface area contributed by atoms with Crippen molar-refractivity contribution < 1.29 is 19.0 Å². The molecule has 2 unspecified atom stereocenters. The standard InChI is InChI=1S/C23H30FNO3/c1-17-9-10-21(12-18(17)2)28-16-20(26)14-25(15-22-7-5-11-27-22)13-19-6-3-4-8-23(19)24/h3-4,6,8-10,12,20,22,26H,5,7,11,13-16H2,1-2H3. The van der Waals surface area contributed by atoms with Gasteiger partial charge in [-0.2, -0.15) is 0 Å². The third-order valence-electron chi connectivity index (χ3n) is 5.23. The molecule has 0 amide bonds. The average Bonchev–Trinajstić information content (AvgIpc) is 3.17. The van der Waals surface area contributed by atoms with Crippen LogP contribution in [0, 0.1) is 19.7 Å². The number of hydrogen-bond donors (Lipinski definition) is 1. The van der Waals surface area contributed by atoms with Gasteiger partial charge in [0.25, 0.3) is 0 Å². The first-order valence-corrected chi connectivity index (χ1v) is 9.96. The molecule has 1 aliphatic rings. The Kier molecular flexibility index (Phi) is 7.43. The van der Waals surface area contributed by atoms with Crippen molar-refractivity contribution >= 4 is 0 Å². The van der Waals surface area contributed by atoms with E-state index in [0.29, 0.717) is 25.2 Å². The first kappa shape index (κ1) is 20.8. The van der Waals surface area contributed by atoms with Gasteiger partial charge < -0.3 is 14.6 Å². The van der Waals surface area contributed by atoms with Crippen LogP contribution in [0.3, 0.4) is 0 Å². The first-order chi connectivity index (χ1) is 13.5. The maximum atomic E-state index is 14.1. The summed E-state index contributed by atoms with van der Waals surface area (Å²) in [4.78, 5) is 2.06. The number of hydrogen-bond acceptors (Lipinski definition) is 4. The van der Waals surface area contributed by atoms with Gasteiger partial charge in [0, 0.05) is 31.8 Å².